The molecule has 0 fully saturated rings. The van der Waals surface area contributed by atoms with Gasteiger partial charge in [0.2, 0.25) is 11.6 Å². The molecule has 0 unspecified atom stereocenters. The smallest absolute Gasteiger partial charge is 0.234 e. The number of fused-ring (bicyclic) bond motifs is 3. The highest BCUT2D eigenvalue weighted by Gasteiger charge is 2.30. The molecular weight excluding hydrogens is 392 g/mol. The Balaban J connectivity index is 1.64. The molecule has 0 aliphatic heterocycles. The molecule has 2 nitrogen and oxygen atoms in total. The van der Waals surface area contributed by atoms with E-state index in [2.05, 4.69) is 38.1 Å². The van der Waals surface area contributed by atoms with Crippen LogP contribution in [0.3, 0.4) is 0 Å². The lowest BCUT2D eigenvalue weighted by Crippen LogP contribution is -2.21. The summed E-state index contributed by atoms with van der Waals surface area (Å²) in [6, 6.07) is 12.3. The highest BCUT2D eigenvalue weighted by molar-refractivity contribution is 6.53. The Labute approximate surface area is 194 Å². The van der Waals surface area contributed by atoms with E-state index in [1.165, 1.54) is 75.3 Å². The molecule has 0 spiro atoms. The Bertz CT molecular complexity index is 834. The Morgan fingerprint density at radius 1 is 0.469 bits per heavy atom. The summed E-state index contributed by atoms with van der Waals surface area (Å²) in [5, 5.41) is 0. The van der Waals surface area contributed by atoms with Crippen molar-refractivity contribution in [3.8, 4) is 11.1 Å². The summed E-state index contributed by atoms with van der Waals surface area (Å²) >= 11 is 0. The number of hydrogen-bond acceptors (Lipinski definition) is 2. The zero-order chi connectivity index (χ0) is 22.8. The second-order valence-corrected chi connectivity index (χ2v) is 9.45. The van der Waals surface area contributed by atoms with Crippen LogP contribution in [0.2, 0.25) is 0 Å². The minimum absolute atomic E-state index is 0.339. The average molecular weight is 433 g/mol. The number of carbonyl (C=O) groups excluding carboxylic acids is 2. The quantitative estimate of drug-likeness (QED) is 0.221. The molecule has 1 aliphatic carbocycles. The first-order valence-corrected chi connectivity index (χ1v) is 13.0. The van der Waals surface area contributed by atoms with Crippen molar-refractivity contribution in [3.05, 3.63) is 58.7 Å². The lowest BCUT2D eigenvalue weighted by molar-refractivity contribution is 0.0815. The van der Waals surface area contributed by atoms with Crippen LogP contribution in [0.15, 0.2) is 36.4 Å². The van der Waals surface area contributed by atoms with Crippen molar-refractivity contribution < 1.29 is 9.59 Å². The first-order valence-electron chi connectivity index (χ1n) is 13.0. The molecular formula is C30H40O2. The lowest BCUT2D eigenvalue weighted by atomic mass is 9.81. The number of hydrogen-bond donors (Lipinski definition) is 0. The monoisotopic (exact) mass is 432 g/mol. The molecule has 0 saturated heterocycles. The second kappa shape index (κ2) is 12.7. The van der Waals surface area contributed by atoms with E-state index < -0.39 is 0 Å². The zero-order valence-electron chi connectivity index (χ0n) is 20.2. The molecule has 0 radical (unpaired) electrons. The minimum atomic E-state index is -0.339. The molecule has 0 N–H and O–H groups in total. The number of benzene rings is 2. The van der Waals surface area contributed by atoms with Crippen molar-refractivity contribution in [2.75, 3.05) is 0 Å². The van der Waals surface area contributed by atoms with E-state index in [1.54, 1.807) is 0 Å². The van der Waals surface area contributed by atoms with Crippen LogP contribution in [-0.2, 0) is 12.8 Å². The van der Waals surface area contributed by atoms with Gasteiger partial charge in [0.05, 0.1) is 0 Å². The highest BCUT2D eigenvalue weighted by Crippen LogP contribution is 2.35. The molecule has 0 heterocycles. The number of rotatable bonds is 14. The molecule has 2 aromatic rings. The SMILES string of the molecule is CCCCCCCCc1ccc2c(c1)C(=O)C(=O)c1cc(CCCCCCCC)ccc1-2. The predicted molar refractivity (Wildman–Crippen MR) is 135 cm³/mol. The normalized spacial score (nSPS) is 12.7. The summed E-state index contributed by atoms with van der Waals surface area (Å²) in [5.41, 5.74) is 5.36. The Hall–Kier alpha value is -2.22. The summed E-state index contributed by atoms with van der Waals surface area (Å²) in [4.78, 5) is 25.8. The van der Waals surface area contributed by atoms with Crippen LogP contribution in [0.25, 0.3) is 11.1 Å². The van der Waals surface area contributed by atoms with Crippen LogP contribution >= 0.6 is 0 Å². The van der Waals surface area contributed by atoms with Gasteiger partial charge in [-0.25, -0.2) is 0 Å². The Morgan fingerprint density at radius 3 is 1.25 bits per heavy atom. The van der Waals surface area contributed by atoms with Gasteiger partial charge in [-0.1, -0.05) is 102 Å². The summed E-state index contributed by atoms with van der Waals surface area (Å²) in [5.74, 6) is -0.678. The first kappa shape index (κ1) is 24.4. The van der Waals surface area contributed by atoms with E-state index in [9.17, 15) is 9.59 Å². The largest absolute Gasteiger partial charge is 0.285 e. The fourth-order valence-electron chi connectivity index (χ4n) is 4.80. The Morgan fingerprint density at radius 2 is 0.844 bits per heavy atom. The molecule has 0 atom stereocenters. The molecule has 0 bridgehead atoms. The van der Waals surface area contributed by atoms with Crippen LogP contribution in [0.1, 0.15) is 123 Å². The maximum Gasteiger partial charge on any atom is 0.234 e. The van der Waals surface area contributed by atoms with Gasteiger partial charge < -0.3 is 0 Å². The maximum absolute atomic E-state index is 12.9. The third-order valence-electron chi connectivity index (χ3n) is 6.79. The fourth-order valence-corrected chi connectivity index (χ4v) is 4.80. The summed E-state index contributed by atoms with van der Waals surface area (Å²) in [6.07, 6.45) is 17.0. The topological polar surface area (TPSA) is 34.1 Å². The average Bonchev–Trinajstić information content (AvgIpc) is 2.82. The summed E-state index contributed by atoms with van der Waals surface area (Å²) < 4.78 is 0. The van der Waals surface area contributed by atoms with Crippen LogP contribution < -0.4 is 0 Å². The molecule has 0 aromatic heterocycles. The molecule has 0 amide bonds. The molecule has 172 valence electrons. The number of unbranched alkanes of at least 4 members (excludes halogenated alkanes) is 10. The van der Waals surface area contributed by atoms with Gasteiger partial charge >= 0.3 is 0 Å². The van der Waals surface area contributed by atoms with E-state index in [0.717, 1.165) is 36.8 Å². The van der Waals surface area contributed by atoms with Gasteiger partial charge in [-0.2, -0.15) is 0 Å². The molecule has 1 aliphatic rings. The van der Waals surface area contributed by atoms with E-state index in [0.29, 0.717) is 11.1 Å². The molecule has 3 rings (SSSR count). The third-order valence-corrected chi connectivity index (χ3v) is 6.79. The van der Waals surface area contributed by atoms with E-state index in [-0.39, 0.29) is 11.6 Å². The number of carbonyl (C=O) groups is 2. The standard InChI is InChI=1S/C30H40O2/c1-3-5-7-9-11-13-15-23-17-19-25-26-20-18-24(16-14-12-10-8-6-4-2)22-28(26)30(32)29(31)27(25)21-23/h17-22H,3-16H2,1-2H3. The van der Waals surface area contributed by atoms with Crippen LogP contribution in [0.5, 0.6) is 0 Å². The van der Waals surface area contributed by atoms with E-state index in [1.807, 2.05) is 12.1 Å². The van der Waals surface area contributed by atoms with Gasteiger partial charge in [0.1, 0.15) is 0 Å². The number of aryl methyl sites for hydroxylation is 2. The fraction of sp³-hybridized carbons (Fsp3) is 0.533. The van der Waals surface area contributed by atoms with Crippen molar-refractivity contribution in [1.82, 2.24) is 0 Å². The third kappa shape index (κ3) is 6.40. The first-order chi connectivity index (χ1) is 15.7. The maximum atomic E-state index is 12.9. The van der Waals surface area contributed by atoms with Crippen molar-refractivity contribution in [2.45, 2.75) is 104 Å². The van der Waals surface area contributed by atoms with Crippen molar-refractivity contribution in [3.63, 3.8) is 0 Å². The van der Waals surface area contributed by atoms with Crippen LogP contribution in [0.4, 0.5) is 0 Å². The van der Waals surface area contributed by atoms with Crippen molar-refractivity contribution in [1.29, 1.82) is 0 Å². The molecule has 32 heavy (non-hydrogen) atoms. The summed E-state index contributed by atoms with van der Waals surface area (Å²) in [7, 11) is 0. The number of Topliss-reactive ketones (excluding diaryl/α,β-unsaturated/α-hetero) is 2. The van der Waals surface area contributed by atoms with Gasteiger partial charge in [-0.15, -0.1) is 0 Å². The van der Waals surface area contributed by atoms with Gasteiger partial charge in [0, 0.05) is 11.1 Å². The van der Waals surface area contributed by atoms with Gasteiger partial charge in [-0.3, -0.25) is 9.59 Å². The lowest BCUT2D eigenvalue weighted by Gasteiger charge is -2.19. The van der Waals surface area contributed by atoms with Gasteiger partial charge in [0.25, 0.3) is 0 Å². The van der Waals surface area contributed by atoms with Crippen molar-refractivity contribution >= 4 is 11.6 Å². The van der Waals surface area contributed by atoms with Gasteiger partial charge in [-0.05, 0) is 60.1 Å². The second-order valence-electron chi connectivity index (χ2n) is 9.45. The van der Waals surface area contributed by atoms with E-state index in [4.69, 9.17) is 0 Å². The zero-order valence-corrected chi connectivity index (χ0v) is 20.2. The van der Waals surface area contributed by atoms with Gasteiger partial charge in [0.15, 0.2) is 0 Å². The minimum Gasteiger partial charge on any atom is -0.285 e. The highest BCUT2D eigenvalue weighted by atomic mass is 16.2. The van der Waals surface area contributed by atoms with Crippen LogP contribution in [-0.4, -0.2) is 11.6 Å². The number of ketones is 2. The molecule has 2 heteroatoms. The molecule has 0 saturated carbocycles. The Kier molecular flexibility index (Phi) is 9.71. The van der Waals surface area contributed by atoms with Crippen molar-refractivity contribution in [2.24, 2.45) is 0 Å². The predicted octanol–water partition coefficient (Wildman–Crippen LogP) is 8.54. The van der Waals surface area contributed by atoms with E-state index >= 15 is 0 Å². The summed E-state index contributed by atoms with van der Waals surface area (Å²) in [6.45, 7) is 4.47. The van der Waals surface area contributed by atoms with Crippen LogP contribution in [0, 0.1) is 0 Å². The molecule has 2 aromatic carbocycles.